The van der Waals surface area contributed by atoms with Crippen molar-refractivity contribution in [3.8, 4) is 11.5 Å². The maximum absolute atomic E-state index is 13.1. The third-order valence-electron chi connectivity index (χ3n) is 5.96. The molecule has 0 spiro atoms. The molecule has 1 saturated heterocycles. The van der Waals surface area contributed by atoms with Crippen molar-refractivity contribution in [3.05, 3.63) is 54.1 Å². The minimum absolute atomic E-state index is 0.0134. The van der Waals surface area contributed by atoms with E-state index in [1.54, 1.807) is 12.1 Å². The second kappa shape index (κ2) is 10.5. The van der Waals surface area contributed by atoms with Gasteiger partial charge in [-0.1, -0.05) is 43.7 Å². The Hall–Kier alpha value is -2.62. The molecule has 8 nitrogen and oxygen atoms in total. The lowest BCUT2D eigenvalue weighted by atomic mass is 10.0. The standard InChI is InChI=1S/C24H31N3O5S/c1-2-6-21(19-7-4-3-5-8-19)25-24(28)18-26-11-13-27(14-12-26)33(29,30)20-9-10-22-23(17-20)32-16-15-31-22/h3-5,7-10,17,21H,2,6,11-16,18H2,1H3,(H,25,28)/t21-/m0/s1. The highest BCUT2D eigenvalue weighted by atomic mass is 32.2. The van der Waals surface area contributed by atoms with Crippen LogP contribution in [0.15, 0.2) is 53.4 Å². The molecule has 0 aliphatic carbocycles. The van der Waals surface area contributed by atoms with Crippen molar-refractivity contribution in [2.45, 2.75) is 30.7 Å². The summed E-state index contributed by atoms with van der Waals surface area (Å²) in [4.78, 5) is 14.9. The molecule has 1 fully saturated rings. The molecule has 0 aromatic heterocycles. The average Bonchev–Trinajstić information content (AvgIpc) is 2.84. The summed E-state index contributed by atoms with van der Waals surface area (Å²) in [5.74, 6) is 0.978. The Morgan fingerprint density at radius 3 is 2.39 bits per heavy atom. The molecule has 178 valence electrons. The van der Waals surface area contributed by atoms with Crippen LogP contribution >= 0.6 is 0 Å². The van der Waals surface area contributed by atoms with Gasteiger partial charge < -0.3 is 14.8 Å². The second-order valence-corrected chi connectivity index (χ2v) is 10.2. The number of benzene rings is 2. The Labute approximate surface area is 195 Å². The zero-order valence-electron chi connectivity index (χ0n) is 18.9. The molecule has 0 saturated carbocycles. The maximum Gasteiger partial charge on any atom is 0.243 e. The normalized spacial score (nSPS) is 18.0. The van der Waals surface area contributed by atoms with Crippen molar-refractivity contribution in [3.63, 3.8) is 0 Å². The molecular formula is C24H31N3O5S. The van der Waals surface area contributed by atoms with Crippen molar-refractivity contribution in [1.82, 2.24) is 14.5 Å². The quantitative estimate of drug-likeness (QED) is 0.634. The fraction of sp³-hybridized carbons (Fsp3) is 0.458. The van der Waals surface area contributed by atoms with E-state index in [2.05, 4.69) is 12.2 Å². The summed E-state index contributed by atoms with van der Waals surface area (Å²) >= 11 is 0. The summed E-state index contributed by atoms with van der Waals surface area (Å²) < 4.78 is 38.7. The number of sulfonamides is 1. The van der Waals surface area contributed by atoms with Gasteiger partial charge in [0.1, 0.15) is 13.2 Å². The Bertz CT molecular complexity index is 1050. The molecule has 33 heavy (non-hydrogen) atoms. The lowest BCUT2D eigenvalue weighted by Gasteiger charge is -2.34. The summed E-state index contributed by atoms with van der Waals surface area (Å²) in [7, 11) is -3.64. The molecule has 0 radical (unpaired) electrons. The van der Waals surface area contributed by atoms with Gasteiger partial charge in [-0.25, -0.2) is 8.42 Å². The Kier molecular flexibility index (Phi) is 7.52. The number of carbonyl (C=O) groups excluding carboxylic acids is 1. The van der Waals surface area contributed by atoms with E-state index in [4.69, 9.17) is 9.47 Å². The van der Waals surface area contributed by atoms with Crippen LogP contribution in [0.4, 0.5) is 0 Å². The highest BCUT2D eigenvalue weighted by molar-refractivity contribution is 7.89. The SMILES string of the molecule is CCC[C@H](NC(=O)CN1CCN(S(=O)(=O)c2ccc3c(c2)OCCO3)CC1)c1ccccc1. The van der Waals surface area contributed by atoms with Gasteiger partial charge in [-0.2, -0.15) is 4.31 Å². The van der Waals surface area contributed by atoms with Crippen molar-refractivity contribution >= 4 is 15.9 Å². The summed E-state index contributed by atoms with van der Waals surface area (Å²) in [6, 6.07) is 14.7. The molecule has 1 amide bonds. The fourth-order valence-corrected chi connectivity index (χ4v) is 5.64. The molecule has 2 aliphatic rings. The minimum atomic E-state index is -3.64. The van der Waals surface area contributed by atoms with E-state index < -0.39 is 10.0 Å². The maximum atomic E-state index is 13.1. The molecule has 1 N–H and O–H groups in total. The van der Waals surface area contributed by atoms with Crippen LogP contribution in [-0.2, 0) is 14.8 Å². The van der Waals surface area contributed by atoms with Gasteiger partial charge in [0.2, 0.25) is 15.9 Å². The van der Waals surface area contributed by atoms with Crippen molar-refractivity contribution < 1.29 is 22.7 Å². The van der Waals surface area contributed by atoms with Gasteiger partial charge in [0.25, 0.3) is 0 Å². The van der Waals surface area contributed by atoms with Gasteiger partial charge in [-0.15, -0.1) is 0 Å². The topological polar surface area (TPSA) is 88.2 Å². The van der Waals surface area contributed by atoms with Gasteiger partial charge in [0.05, 0.1) is 17.5 Å². The summed E-state index contributed by atoms with van der Waals surface area (Å²) in [5, 5.41) is 3.14. The van der Waals surface area contributed by atoms with Crippen molar-refractivity contribution in [1.29, 1.82) is 0 Å². The number of nitrogens with zero attached hydrogens (tertiary/aromatic N) is 2. The number of rotatable bonds is 8. The van der Waals surface area contributed by atoms with Gasteiger partial charge in [0, 0.05) is 32.2 Å². The third kappa shape index (κ3) is 5.66. The molecule has 9 heteroatoms. The highest BCUT2D eigenvalue weighted by Crippen LogP contribution is 2.33. The van der Waals surface area contributed by atoms with Crippen LogP contribution < -0.4 is 14.8 Å². The Balaban J connectivity index is 1.32. The van der Waals surface area contributed by atoms with Gasteiger partial charge in [-0.3, -0.25) is 9.69 Å². The Morgan fingerprint density at radius 2 is 1.70 bits per heavy atom. The average molecular weight is 474 g/mol. The van der Waals surface area contributed by atoms with Gasteiger partial charge in [-0.05, 0) is 24.1 Å². The van der Waals surface area contributed by atoms with E-state index in [0.29, 0.717) is 50.9 Å². The molecule has 0 unspecified atom stereocenters. The smallest absolute Gasteiger partial charge is 0.243 e. The first-order valence-corrected chi connectivity index (χ1v) is 12.9. The van der Waals surface area contributed by atoms with Crippen LogP contribution in [0.2, 0.25) is 0 Å². The van der Waals surface area contributed by atoms with Crippen LogP contribution in [0.3, 0.4) is 0 Å². The molecule has 2 aromatic rings. The number of amides is 1. The summed E-state index contributed by atoms with van der Waals surface area (Å²) in [5.41, 5.74) is 1.10. The number of fused-ring (bicyclic) bond motifs is 1. The molecular weight excluding hydrogens is 442 g/mol. The van der Waals surface area contributed by atoms with Crippen molar-refractivity contribution in [2.24, 2.45) is 0 Å². The molecule has 1 atom stereocenters. The van der Waals surface area contributed by atoms with Crippen LogP contribution in [0.25, 0.3) is 0 Å². The van der Waals surface area contributed by atoms with Gasteiger partial charge >= 0.3 is 0 Å². The van der Waals surface area contributed by atoms with Gasteiger partial charge in [0.15, 0.2) is 11.5 Å². The number of carbonyl (C=O) groups is 1. The van der Waals surface area contributed by atoms with E-state index in [0.717, 1.165) is 18.4 Å². The Morgan fingerprint density at radius 1 is 1.00 bits per heavy atom. The predicted molar refractivity (Wildman–Crippen MR) is 125 cm³/mol. The molecule has 2 aliphatic heterocycles. The van der Waals surface area contributed by atoms with Crippen molar-refractivity contribution in [2.75, 3.05) is 45.9 Å². The number of hydrogen-bond donors (Lipinski definition) is 1. The molecule has 0 bridgehead atoms. The van der Waals surface area contributed by atoms with Crippen LogP contribution in [0.1, 0.15) is 31.4 Å². The van der Waals surface area contributed by atoms with E-state index in [1.165, 1.54) is 10.4 Å². The lowest BCUT2D eigenvalue weighted by molar-refractivity contribution is -0.123. The number of hydrogen-bond acceptors (Lipinski definition) is 6. The minimum Gasteiger partial charge on any atom is -0.486 e. The second-order valence-electron chi connectivity index (χ2n) is 8.31. The van der Waals surface area contributed by atoms with E-state index in [9.17, 15) is 13.2 Å². The first kappa shape index (κ1) is 23.5. The fourth-order valence-electron chi connectivity index (χ4n) is 4.20. The zero-order chi connectivity index (χ0) is 23.3. The summed E-state index contributed by atoms with van der Waals surface area (Å²) in [6.45, 7) is 4.89. The lowest BCUT2D eigenvalue weighted by Crippen LogP contribution is -2.51. The van der Waals surface area contributed by atoms with E-state index in [-0.39, 0.29) is 23.4 Å². The number of ether oxygens (including phenoxy) is 2. The third-order valence-corrected chi connectivity index (χ3v) is 7.86. The first-order valence-electron chi connectivity index (χ1n) is 11.4. The van der Waals surface area contributed by atoms with E-state index >= 15 is 0 Å². The van der Waals surface area contributed by atoms with Crippen LogP contribution in [-0.4, -0.2) is 69.5 Å². The molecule has 2 aromatic carbocycles. The van der Waals surface area contributed by atoms with E-state index in [1.807, 2.05) is 35.2 Å². The molecule has 2 heterocycles. The number of piperazine rings is 1. The largest absolute Gasteiger partial charge is 0.486 e. The van der Waals surface area contributed by atoms with Crippen LogP contribution in [0.5, 0.6) is 11.5 Å². The summed E-state index contributed by atoms with van der Waals surface area (Å²) in [6.07, 6.45) is 1.84. The number of nitrogens with one attached hydrogen (secondary N) is 1. The first-order chi connectivity index (χ1) is 16.0. The zero-order valence-corrected chi connectivity index (χ0v) is 19.7. The molecule has 4 rings (SSSR count). The van der Waals surface area contributed by atoms with Crippen LogP contribution in [0, 0.1) is 0 Å². The predicted octanol–water partition coefficient (Wildman–Crippen LogP) is 2.42. The highest BCUT2D eigenvalue weighted by Gasteiger charge is 2.30. The monoisotopic (exact) mass is 473 g/mol.